The first-order valence-corrected chi connectivity index (χ1v) is 12.3. The molecule has 2 aliphatic rings. The van der Waals surface area contributed by atoms with Crippen LogP contribution in [0.4, 0.5) is 4.79 Å². The van der Waals surface area contributed by atoms with E-state index in [2.05, 4.69) is 41.4 Å². The van der Waals surface area contributed by atoms with Crippen LogP contribution in [0.15, 0.2) is 48.5 Å². The van der Waals surface area contributed by atoms with Crippen molar-refractivity contribution in [3.8, 4) is 11.5 Å². The number of nitrogens with zero attached hydrogens (tertiary/aromatic N) is 2. The SMILES string of the molecule is COC1(COc2ccc(C)cc2)CCCN(Cc2ccc(OCCN3CCNC3=O)cc2)CC1. The third kappa shape index (κ3) is 6.64. The number of carbonyl (C=O) groups excluding carboxylic acids is 1. The fraction of sp³-hybridized carbons (Fsp3) is 0.519. The fourth-order valence-corrected chi connectivity index (χ4v) is 4.59. The van der Waals surface area contributed by atoms with Crippen molar-refractivity contribution in [2.24, 2.45) is 0 Å². The van der Waals surface area contributed by atoms with E-state index in [-0.39, 0.29) is 11.6 Å². The number of nitrogens with one attached hydrogen (secondary N) is 1. The van der Waals surface area contributed by atoms with Gasteiger partial charge in [0.05, 0.1) is 6.54 Å². The van der Waals surface area contributed by atoms with Crippen molar-refractivity contribution in [3.05, 3.63) is 59.7 Å². The van der Waals surface area contributed by atoms with E-state index in [9.17, 15) is 4.79 Å². The van der Waals surface area contributed by atoms with Crippen LogP contribution in [0.2, 0.25) is 0 Å². The van der Waals surface area contributed by atoms with Crippen LogP contribution < -0.4 is 14.8 Å². The minimum Gasteiger partial charge on any atom is -0.492 e. The van der Waals surface area contributed by atoms with Crippen LogP contribution in [0.3, 0.4) is 0 Å². The van der Waals surface area contributed by atoms with Crippen LogP contribution in [0, 0.1) is 6.92 Å². The van der Waals surface area contributed by atoms with Gasteiger partial charge in [-0.05, 0) is 62.6 Å². The zero-order valence-corrected chi connectivity index (χ0v) is 20.4. The second-order valence-corrected chi connectivity index (χ2v) is 9.33. The van der Waals surface area contributed by atoms with Crippen LogP contribution >= 0.6 is 0 Å². The lowest BCUT2D eigenvalue weighted by atomic mass is 9.95. The minimum absolute atomic E-state index is 0.00407. The summed E-state index contributed by atoms with van der Waals surface area (Å²) in [6.45, 7) is 8.16. The molecule has 2 aromatic rings. The molecule has 0 bridgehead atoms. The van der Waals surface area contributed by atoms with Crippen molar-refractivity contribution in [2.45, 2.75) is 38.3 Å². The second kappa shape index (κ2) is 11.6. The smallest absolute Gasteiger partial charge is 0.317 e. The largest absolute Gasteiger partial charge is 0.492 e. The van der Waals surface area contributed by atoms with E-state index in [4.69, 9.17) is 14.2 Å². The molecule has 2 aromatic carbocycles. The number of rotatable bonds is 10. The van der Waals surface area contributed by atoms with Crippen LogP contribution in [0.5, 0.6) is 11.5 Å². The predicted molar refractivity (Wildman–Crippen MR) is 132 cm³/mol. The Morgan fingerprint density at radius 1 is 0.941 bits per heavy atom. The van der Waals surface area contributed by atoms with E-state index in [1.54, 1.807) is 4.90 Å². The van der Waals surface area contributed by atoms with Gasteiger partial charge >= 0.3 is 6.03 Å². The van der Waals surface area contributed by atoms with Gasteiger partial charge in [-0.15, -0.1) is 0 Å². The molecular formula is C27H37N3O4. The van der Waals surface area contributed by atoms with Crippen LogP contribution in [0.1, 0.15) is 30.4 Å². The normalized spacial score (nSPS) is 21.2. The predicted octanol–water partition coefficient (Wildman–Crippen LogP) is 3.85. The maximum Gasteiger partial charge on any atom is 0.317 e. The summed E-state index contributed by atoms with van der Waals surface area (Å²) in [5.74, 6) is 1.74. The molecule has 1 N–H and O–H groups in total. The highest BCUT2D eigenvalue weighted by Crippen LogP contribution is 2.28. The lowest BCUT2D eigenvalue weighted by Crippen LogP contribution is -2.39. The fourth-order valence-electron chi connectivity index (χ4n) is 4.59. The Hall–Kier alpha value is -2.77. The lowest BCUT2D eigenvalue weighted by molar-refractivity contribution is -0.0541. The van der Waals surface area contributed by atoms with E-state index < -0.39 is 0 Å². The Morgan fingerprint density at radius 2 is 1.68 bits per heavy atom. The van der Waals surface area contributed by atoms with Gasteiger partial charge in [-0.2, -0.15) is 0 Å². The number of likely N-dealkylation sites (tertiary alicyclic amines) is 1. The van der Waals surface area contributed by atoms with Crippen molar-refractivity contribution >= 4 is 6.03 Å². The number of amides is 2. The molecular weight excluding hydrogens is 430 g/mol. The molecule has 184 valence electrons. The molecule has 1 atom stereocenters. The Labute approximate surface area is 203 Å². The molecule has 0 radical (unpaired) electrons. The quantitative estimate of drug-likeness (QED) is 0.575. The second-order valence-electron chi connectivity index (χ2n) is 9.33. The van der Waals surface area contributed by atoms with Crippen molar-refractivity contribution in [1.29, 1.82) is 0 Å². The Balaban J connectivity index is 1.23. The number of carbonyl (C=O) groups is 1. The van der Waals surface area contributed by atoms with Gasteiger partial charge in [0.1, 0.15) is 30.3 Å². The van der Waals surface area contributed by atoms with Gasteiger partial charge in [-0.3, -0.25) is 4.90 Å². The molecule has 34 heavy (non-hydrogen) atoms. The minimum atomic E-state index is -0.246. The van der Waals surface area contributed by atoms with Gasteiger partial charge in [0.2, 0.25) is 0 Å². The van der Waals surface area contributed by atoms with E-state index in [1.165, 1.54) is 11.1 Å². The van der Waals surface area contributed by atoms with E-state index in [0.717, 1.165) is 63.5 Å². The standard InChI is InChI=1S/C27H37N3O4/c1-22-4-8-25(9-5-22)34-21-27(32-2)12-3-15-29(16-13-27)20-23-6-10-24(11-7-23)33-19-18-30-17-14-28-26(30)31/h4-11H,3,12-21H2,1-2H3,(H,28,31). The first-order chi connectivity index (χ1) is 16.5. The average molecular weight is 468 g/mol. The van der Waals surface area contributed by atoms with Gasteiger partial charge in [0.25, 0.3) is 0 Å². The Bertz CT molecular complexity index is 918. The van der Waals surface area contributed by atoms with Gasteiger partial charge < -0.3 is 24.4 Å². The van der Waals surface area contributed by atoms with Crippen LogP contribution in [0.25, 0.3) is 0 Å². The van der Waals surface area contributed by atoms with Gasteiger partial charge in [-0.25, -0.2) is 4.79 Å². The number of methoxy groups -OCH3 is 1. The maximum absolute atomic E-state index is 11.6. The van der Waals surface area contributed by atoms with Crippen LogP contribution in [-0.2, 0) is 11.3 Å². The first-order valence-electron chi connectivity index (χ1n) is 12.3. The molecule has 0 saturated carbocycles. The highest BCUT2D eigenvalue weighted by molar-refractivity contribution is 5.76. The summed E-state index contributed by atoms with van der Waals surface area (Å²) in [5, 5.41) is 2.81. The Morgan fingerprint density at radius 3 is 2.38 bits per heavy atom. The van der Waals surface area contributed by atoms with Crippen molar-refractivity contribution in [2.75, 3.05) is 53.0 Å². The molecule has 7 heteroatoms. The maximum atomic E-state index is 11.6. The molecule has 2 heterocycles. The topological polar surface area (TPSA) is 63.3 Å². The highest BCUT2D eigenvalue weighted by Gasteiger charge is 2.33. The summed E-state index contributed by atoms with van der Waals surface area (Å²) in [6, 6.07) is 16.5. The first kappa shape index (κ1) is 24.4. The van der Waals surface area contributed by atoms with Gasteiger partial charge in [-0.1, -0.05) is 29.8 Å². The number of urea groups is 1. The summed E-state index contributed by atoms with van der Waals surface area (Å²) in [5.41, 5.74) is 2.26. The lowest BCUT2D eigenvalue weighted by Gasteiger charge is -2.31. The molecule has 2 amide bonds. The molecule has 0 aliphatic carbocycles. The monoisotopic (exact) mass is 467 g/mol. The number of hydrogen-bond donors (Lipinski definition) is 1. The number of ether oxygens (including phenoxy) is 3. The molecule has 1 unspecified atom stereocenters. The van der Waals surface area contributed by atoms with E-state index >= 15 is 0 Å². The zero-order valence-electron chi connectivity index (χ0n) is 20.4. The Kier molecular flexibility index (Phi) is 8.29. The molecule has 0 aromatic heterocycles. The molecule has 2 fully saturated rings. The van der Waals surface area contributed by atoms with E-state index in [0.29, 0.717) is 19.8 Å². The zero-order chi connectivity index (χ0) is 23.8. The molecule has 0 spiro atoms. The summed E-state index contributed by atoms with van der Waals surface area (Å²) in [6.07, 6.45) is 3.02. The summed E-state index contributed by atoms with van der Waals surface area (Å²) < 4.78 is 17.9. The third-order valence-corrected chi connectivity index (χ3v) is 6.85. The molecule has 2 saturated heterocycles. The van der Waals surface area contributed by atoms with Crippen LogP contribution in [-0.4, -0.2) is 74.5 Å². The van der Waals surface area contributed by atoms with E-state index in [1.807, 2.05) is 31.4 Å². The molecule has 2 aliphatic heterocycles. The third-order valence-electron chi connectivity index (χ3n) is 6.85. The summed E-state index contributed by atoms with van der Waals surface area (Å²) >= 11 is 0. The number of hydrogen-bond acceptors (Lipinski definition) is 5. The highest BCUT2D eigenvalue weighted by atomic mass is 16.5. The van der Waals surface area contributed by atoms with Crippen molar-refractivity contribution < 1.29 is 19.0 Å². The van der Waals surface area contributed by atoms with Gasteiger partial charge in [0.15, 0.2) is 0 Å². The van der Waals surface area contributed by atoms with Crippen molar-refractivity contribution in [3.63, 3.8) is 0 Å². The molecule has 7 nitrogen and oxygen atoms in total. The summed E-state index contributed by atoms with van der Waals surface area (Å²) in [4.78, 5) is 15.9. The molecule has 4 rings (SSSR count). The number of benzene rings is 2. The summed E-state index contributed by atoms with van der Waals surface area (Å²) in [7, 11) is 1.81. The van der Waals surface area contributed by atoms with Crippen molar-refractivity contribution in [1.82, 2.24) is 15.1 Å². The van der Waals surface area contributed by atoms with Gasteiger partial charge in [0, 0.05) is 33.3 Å². The average Bonchev–Trinajstić information content (AvgIpc) is 3.15. The number of aryl methyl sites for hydroxylation is 1.